The van der Waals surface area contributed by atoms with Gasteiger partial charge in [-0.25, -0.2) is 9.78 Å². The summed E-state index contributed by atoms with van der Waals surface area (Å²) in [5.41, 5.74) is 9.44. The van der Waals surface area contributed by atoms with Gasteiger partial charge in [-0.3, -0.25) is 9.78 Å². The molecule has 2 heterocycles. The van der Waals surface area contributed by atoms with Crippen LogP contribution in [0.2, 0.25) is 0 Å². The van der Waals surface area contributed by atoms with Crippen molar-refractivity contribution in [1.29, 1.82) is 0 Å². The van der Waals surface area contributed by atoms with Gasteiger partial charge in [0.2, 0.25) is 0 Å². The second kappa shape index (κ2) is 7.32. The van der Waals surface area contributed by atoms with Crippen LogP contribution in [0.15, 0.2) is 54.9 Å². The highest BCUT2D eigenvalue weighted by Gasteiger charge is 2.16. The molecule has 2 aromatic heterocycles. The lowest BCUT2D eigenvalue weighted by Crippen LogP contribution is -2.14. The standard InChI is InChI=1S/C22H19N5O3/c1-12-24-11-19(27(12)2)13-6-7-16-18(9-13)25-10-17(21(23)28)20(16)26-15-5-3-4-14(8-15)22(29)30/h3-11H,1-2H3,(H2,23,28)(H,25,26)(H,29,30). The van der Waals surface area contributed by atoms with Gasteiger partial charge in [0, 0.05) is 29.9 Å². The first kappa shape index (κ1) is 19.1. The van der Waals surface area contributed by atoms with E-state index in [9.17, 15) is 14.7 Å². The molecule has 0 radical (unpaired) electrons. The van der Waals surface area contributed by atoms with Crippen molar-refractivity contribution in [3.63, 3.8) is 0 Å². The van der Waals surface area contributed by atoms with Gasteiger partial charge >= 0.3 is 5.97 Å². The second-order valence-corrected chi connectivity index (χ2v) is 6.90. The van der Waals surface area contributed by atoms with Gasteiger partial charge in [0.05, 0.1) is 34.2 Å². The van der Waals surface area contributed by atoms with Crippen molar-refractivity contribution in [2.75, 3.05) is 5.32 Å². The number of benzene rings is 2. The maximum atomic E-state index is 12.0. The quantitative estimate of drug-likeness (QED) is 0.470. The molecule has 0 spiro atoms. The van der Waals surface area contributed by atoms with Crippen molar-refractivity contribution in [3.05, 3.63) is 71.8 Å². The van der Waals surface area contributed by atoms with Crippen LogP contribution in [0.25, 0.3) is 22.2 Å². The fourth-order valence-electron chi connectivity index (χ4n) is 3.32. The number of amides is 1. The Labute approximate surface area is 172 Å². The molecular weight excluding hydrogens is 382 g/mol. The highest BCUT2D eigenvalue weighted by Crippen LogP contribution is 2.32. The zero-order valence-corrected chi connectivity index (χ0v) is 16.4. The summed E-state index contributed by atoms with van der Waals surface area (Å²) in [6.45, 7) is 1.93. The molecule has 2 aromatic carbocycles. The fraction of sp³-hybridized carbons (Fsp3) is 0.0909. The molecule has 4 rings (SSSR count). The van der Waals surface area contributed by atoms with Crippen molar-refractivity contribution in [2.45, 2.75) is 6.92 Å². The van der Waals surface area contributed by atoms with Gasteiger partial charge in [0.25, 0.3) is 5.91 Å². The van der Waals surface area contributed by atoms with Crippen LogP contribution < -0.4 is 11.1 Å². The van der Waals surface area contributed by atoms with E-state index in [1.165, 1.54) is 18.3 Å². The zero-order chi connectivity index (χ0) is 21.4. The predicted octanol–water partition coefficient (Wildman–Crippen LogP) is 3.48. The van der Waals surface area contributed by atoms with Crippen LogP contribution in [0.1, 0.15) is 26.5 Å². The Morgan fingerprint density at radius 1 is 1.10 bits per heavy atom. The Morgan fingerprint density at radius 3 is 2.57 bits per heavy atom. The fourth-order valence-corrected chi connectivity index (χ4v) is 3.32. The lowest BCUT2D eigenvalue weighted by Gasteiger charge is -2.14. The maximum Gasteiger partial charge on any atom is 0.335 e. The first-order chi connectivity index (χ1) is 14.3. The van der Waals surface area contributed by atoms with E-state index in [-0.39, 0.29) is 11.1 Å². The summed E-state index contributed by atoms with van der Waals surface area (Å²) in [5, 5.41) is 13.1. The molecule has 0 fully saturated rings. The Balaban J connectivity index is 1.85. The Kier molecular flexibility index (Phi) is 4.67. The molecule has 0 saturated heterocycles. The minimum atomic E-state index is -1.04. The molecule has 0 unspecified atom stereocenters. The van der Waals surface area contributed by atoms with Crippen LogP contribution in [0.4, 0.5) is 11.4 Å². The number of primary amides is 1. The van der Waals surface area contributed by atoms with Gasteiger partial charge in [-0.15, -0.1) is 0 Å². The first-order valence-electron chi connectivity index (χ1n) is 9.17. The largest absolute Gasteiger partial charge is 0.478 e. The molecule has 0 saturated carbocycles. The number of carboxylic acids is 1. The van der Waals surface area contributed by atoms with Gasteiger partial charge in [-0.2, -0.15) is 0 Å². The van der Waals surface area contributed by atoms with E-state index < -0.39 is 11.9 Å². The van der Waals surface area contributed by atoms with Crippen molar-refractivity contribution < 1.29 is 14.7 Å². The summed E-state index contributed by atoms with van der Waals surface area (Å²) in [4.78, 5) is 32.0. The summed E-state index contributed by atoms with van der Waals surface area (Å²) in [5.74, 6) is -0.778. The van der Waals surface area contributed by atoms with E-state index in [1.807, 2.05) is 36.7 Å². The monoisotopic (exact) mass is 401 g/mol. The number of nitrogens with one attached hydrogen (secondary N) is 1. The molecule has 8 nitrogen and oxygen atoms in total. The predicted molar refractivity (Wildman–Crippen MR) is 114 cm³/mol. The van der Waals surface area contributed by atoms with Gasteiger partial charge in [-0.1, -0.05) is 18.2 Å². The maximum absolute atomic E-state index is 12.0. The van der Waals surface area contributed by atoms with Crippen molar-refractivity contribution >= 4 is 34.2 Å². The summed E-state index contributed by atoms with van der Waals surface area (Å²) >= 11 is 0. The Morgan fingerprint density at radius 2 is 1.90 bits per heavy atom. The number of aromatic nitrogens is 3. The number of nitrogens with zero attached hydrogens (tertiary/aromatic N) is 3. The van der Waals surface area contributed by atoms with Crippen LogP contribution in [-0.4, -0.2) is 31.5 Å². The van der Waals surface area contributed by atoms with E-state index in [2.05, 4.69) is 15.3 Å². The molecule has 0 aliphatic heterocycles. The number of aromatic carboxylic acids is 1. The number of carbonyl (C=O) groups excluding carboxylic acids is 1. The van der Waals surface area contributed by atoms with Crippen LogP contribution in [-0.2, 0) is 7.05 Å². The van der Waals surface area contributed by atoms with Crippen LogP contribution in [0.5, 0.6) is 0 Å². The van der Waals surface area contributed by atoms with Gasteiger partial charge in [0.15, 0.2) is 0 Å². The van der Waals surface area contributed by atoms with Crippen LogP contribution in [0.3, 0.4) is 0 Å². The summed E-state index contributed by atoms with van der Waals surface area (Å²) < 4.78 is 1.98. The molecule has 4 N–H and O–H groups in total. The summed E-state index contributed by atoms with van der Waals surface area (Å²) in [6.07, 6.45) is 3.22. The second-order valence-electron chi connectivity index (χ2n) is 6.90. The molecule has 0 bridgehead atoms. The first-order valence-corrected chi connectivity index (χ1v) is 9.17. The third kappa shape index (κ3) is 3.35. The SMILES string of the molecule is Cc1ncc(-c2ccc3c(Nc4cccc(C(=O)O)c4)c(C(N)=O)cnc3c2)n1C. The number of anilines is 2. The number of nitrogens with two attached hydrogens (primary N) is 1. The zero-order valence-electron chi connectivity index (χ0n) is 16.4. The number of fused-ring (bicyclic) bond motifs is 1. The van der Waals surface area contributed by atoms with E-state index in [0.717, 1.165) is 17.1 Å². The third-order valence-corrected chi connectivity index (χ3v) is 5.03. The summed E-state index contributed by atoms with van der Waals surface area (Å²) in [7, 11) is 1.94. The average molecular weight is 401 g/mol. The molecule has 0 atom stereocenters. The lowest BCUT2D eigenvalue weighted by molar-refractivity contribution is 0.0696. The number of rotatable bonds is 5. The number of carboxylic acid groups (broad SMARTS) is 1. The molecule has 0 aliphatic rings. The number of hydrogen-bond acceptors (Lipinski definition) is 5. The average Bonchev–Trinajstić information content (AvgIpc) is 3.06. The lowest BCUT2D eigenvalue weighted by atomic mass is 10.0. The molecular formula is C22H19N5O3. The number of imidazole rings is 1. The summed E-state index contributed by atoms with van der Waals surface area (Å²) in [6, 6.07) is 12.0. The van der Waals surface area contributed by atoms with Gasteiger partial charge in [-0.05, 0) is 31.2 Å². The topological polar surface area (TPSA) is 123 Å². The third-order valence-electron chi connectivity index (χ3n) is 5.03. The minimum absolute atomic E-state index is 0.132. The normalized spacial score (nSPS) is 10.9. The smallest absolute Gasteiger partial charge is 0.335 e. The van der Waals surface area contributed by atoms with E-state index in [0.29, 0.717) is 22.3 Å². The molecule has 4 aromatic rings. The number of aryl methyl sites for hydroxylation is 1. The number of carbonyl (C=O) groups is 2. The van der Waals surface area contributed by atoms with Gasteiger partial charge < -0.3 is 20.7 Å². The molecule has 1 amide bonds. The Bertz CT molecular complexity index is 1310. The molecule has 150 valence electrons. The van der Waals surface area contributed by atoms with Gasteiger partial charge in [0.1, 0.15) is 5.82 Å². The Hall–Kier alpha value is -4.20. The van der Waals surface area contributed by atoms with E-state index in [1.54, 1.807) is 18.3 Å². The highest BCUT2D eigenvalue weighted by atomic mass is 16.4. The molecule has 8 heteroatoms. The minimum Gasteiger partial charge on any atom is -0.478 e. The van der Waals surface area contributed by atoms with Crippen molar-refractivity contribution in [1.82, 2.24) is 14.5 Å². The number of hydrogen-bond donors (Lipinski definition) is 3. The molecule has 0 aliphatic carbocycles. The van der Waals surface area contributed by atoms with E-state index >= 15 is 0 Å². The van der Waals surface area contributed by atoms with Crippen molar-refractivity contribution in [3.8, 4) is 11.3 Å². The van der Waals surface area contributed by atoms with Crippen LogP contribution >= 0.6 is 0 Å². The molecule has 30 heavy (non-hydrogen) atoms. The highest BCUT2D eigenvalue weighted by molar-refractivity contribution is 6.08. The van der Waals surface area contributed by atoms with Crippen LogP contribution in [0, 0.1) is 6.92 Å². The van der Waals surface area contributed by atoms with E-state index in [4.69, 9.17) is 5.73 Å². The van der Waals surface area contributed by atoms with Crippen molar-refractivity contribution in [2.24, 2.45) is 12.8 Å². The number of pyridine rings is 1.